The lowest BCUT2D eigenvalue weighted by Crippen LogP contribution is -2.12. The molecule has 5 heteroatoms. The third-order valence-corrected chi connectivity index (χ3v) is 3.87. The van der Waals surface area contributed by atoms with Gasteiger partial charge in [0.1, 0.15) is 5.82 Å². The predicted octanol–water partition coefficient (Wildman–Crippen LogP) is 3.22. The van der Waals surface area contributed by atoms with Crippen LogP contribution in [0.2, 0.25) is 0 Å². The summed E-state index contributed by atoms with van der Waals surface area (Å²) < 4.78 is 13.6. The van der Waals surface area contributed by atoms with Crippen LogP contribution in [0.1, 0.15) is 25.7 Å². The molecule has 0 atom stereocenters. The minimum atomic E-state index is -0.564. The third-order valence-electron chi connectivity index (χ3n) is 2.86. The van der Waals surface area contributed by atoms with Gasteiger partial charge < -0.3 is 11.1 Å². The van der Waals surface area contributed by atoms with E-state index < -0.39 is 11.7 Å². The Balaban J connectivity index is 2.17. The maximum absolute atomic E-state index is 13.6. The Labute approximate surface area is 115 Å². The average molecular weight is 278 g/mol. The Kier molecular flexibility index (Phi) is 3.85. The summed E-state index contributed by atoms with van der Waals surface area (Å²) in [7, 11) is 0. The van der Waals surface area contributed by atoms with Crippen LogP contribution in [-0.4, -0.2) is 5.91 Å². The van der Waals surface area contributed by atoms with E-state index in [9.17, 15) is 9.18 Å². The van der Waals surface area contributed by atoms with Gasteiger partial charge in [0.2, 0.25) is 5.91 Å². The van der Waals surface area contributed by atoms with Crippen molar-refractivity contribution in [2.75, 3.05) is 5.32 Å². The molecule has 100 valence electrons. The normalized spacial score (nSPS) is 10.5. The fourth-order valence-electron chi connectivity index (χ4n) is 1.86. The number of hydrogen-bond donors (Lipinski definition) is 2. The van der Waals surface area contributed by atoms with Crippen molar-refractivity contribution in [3.63, 3.8) is 0 Å². The van der Waals surface area contributed by atoms with Crippen LogP contribution in [0.25, 0.3) is 0 Å². The van der Waals surface area contributed by atoms with Gasteiger partial charge >= 0.3 is 0 Å². The van der Waals surface area contributed by atoms with Crippen molar-refractivity contribution in [2.45, 2.75) is 20.4 Å². The van der Waals surface area contributed by atoms with Gasteiger partial charge in [-0.2, -0.15) is 0 Å². The molecular weight excluding hydrogens is 263 g/mol. The minimum Gasteiger partial charge on any atom is -0.379 e. The number of aryl methyl sites for hydroxylation is 2. The van der Waals surface area contributed by atoms with E-state index in [0.717, 1.165) is 5.56 Å². The summed E-state index contributed by atoms with van der Waals surface area (Å²) in [6.45, 7) is 4.59. The highest BCUT2D eigenvalue weighted by atomic mass is 32.1. The maximum atomic E-state index is 13.6. The molecule has 0 aliphatic rings. The summed E-state index contributed by atoms with van der Waals surface area (Å²) >= 11 is 1.71. The third kappa shape index (κ3) is 3.12. The van der Waals surface area contributed by atoms with E-state index in [1.54, 1.807) is 11.3 Å². The maximum Gasteiger partial charge on any atom is 0.248 e. The smallest absolute Gasteiger partial charge is 0.248 e. The van der Waals surface area contributed by atoms with Crippen LogP contribution in [0, 0.1) is 19.7 Å². The van der Waals surface area contributed by atoms with Gasteiger partial charge in [0.25, 0.3) is 0 Å². The van der Waals surface area contributed by atoms with Crippen LogP contribution in [-0.2, 0) is 6.54 Å². The lowest BCUT2D eigenvalue weighted by Gasteiger charge is -2.08. The molecule has 0 saturated carbocycles. The molecule has 2 rings (SSSR count). The molecule has 2 aromatic rings. The average Bonchev–Trinajstić information content (AvgIpc) is 2.66. The van der Waals surface area contributed by atoms with E-state index in [1.165, 1.54) is 28.0 Å². The lowest BCUT2D eigenvalue weighted by atomic mass is 10.1. The second kappa shape index (κ2) is 5.40. The van der Waals surface area contributed by atoms with Crippen molar-refractivity contribution < 1.29 is 9.18 Å². The SMILES string of the molecule is Cc1cc(CNc2cc(C(N)=O)ccc2F)c(C)s1. The molecule has 0 unspecified atom stereocenters. The Bertz CT molecular complexity index is 622. The largest absolute Gasteiger partial charge is 0.379 e. The standard InChI is InChI=1S/C14H15FN2OS/c1-8-5-11(9(2)19-8)7-17-13-6-10(14(16)18)3-4-12(13)15/h3-6,17H,7H2,1-2H3,(H2,16,18). The lowest BCUT2D eigenvalue weighted by molar-refractivity contribution is 0.100. The van der Waals surface area contributed by atoms with Crippen LogP contribution in [0.15, 0.2) is 24.3 Å². The fraction of sp³-hybridized carbons (Fsp3) is 0.214. The molecule has 3 N–H and O–H groups in total. The van der Waals surface area contributed by atoms with E-state index in [2.05, 4.69) is 11.4 Å². The van der Waals surface area contributed by atoms with Crippen LogP contribution in [0.4, 0.5) is 10.1 Å². The number of carbonyl (C=O) groups excluding carboxylic acids is 1. The quantitative estimate of drug-likeness (QED) is 0.902. The zero-order chi connectivity index (χ0) is 14.0. The molecule has 19 heavy (non-hydrogen) atoms. The van der Waals surface area contributed by atoms with Crippen molar-refractivity contribution in [1.29, 1.82) is 0 Å². The van der Waals surface area contributed by atoms with Gasteiger partial charge in [-0.3, -0.25) is 4.79 Å². The highest BCUT2D eigenvalue weighted by Crippen LogP contribution is 2.23. The Hall–Kier alpha value is -1.88. The number of nitrogens with one attached hydrogen (secondary N) is 1. The molecule has 0 spiro atoms. The molecule has 0 aliphatic heterocycles. The number of benzene rings is 1. The fourth-order valence-corrected chi connectivity index (χ4v) is 2.81. The minimum absolute atomic E-state index is 0.291. The van der Waals surface area contributed by atoms with Crippen LogP contribution >= 0.6 is 11.3 Å². The number of amides is 1. The first-order valence-electron chi connectivity index (χ1n) is 5.86. The van der Waals surface area contributed by atoms with Crippen LogP contribution < -0.4 is 11.1 Å². The van der Waals surface area contributed by atoms with Crippen molar-refractivity contribution in [1.82, 2.24) is 0 Å². The first-order valence-corrected chi connectivity index (χ1v) is 6.68. The second-order valence-electron chi connectivity index (χ2n) is 4.35. The van der Waals surface area contributed by atoms with E-state index in [-0.39, 0.29) is 0 Å². The molecule has 1 aromatic heterocycles. The van der Waals surface area contributed by atoms with Crippen LogP contribution in [0.3, 0.4) is 0 Å². The van der Waals surface area contributed by atoms with E-state index >= 15 is 0 Å². The van der Waals surface area contributed by atoms with Crippen molar-refractivity contribution in [3.8, 4) is 0 Å². The summed E-state index contributed by atoms with van der Waals surface area (Å²) in [6.07, 6.45) is 0. The molecule has 1 amide bonds. The van der Waals surface area contributed by atoms with Gasteiger partial charge in [-0.05, 0) is 43.7 Å². The monoisotopic (exact) mass is 278 g/mol. The second-order valence-corrected chi connectivity index (χ2v) is 5.81. The van der Waals surface area contributed by atoms with E-state index in [1.807, 2.05) is 13.8 Å². The summed E-state index contributed by atoms with van der Waals surface area (Å²) in [5, 5.41) is 3.00. The Morgan fingerprint density at radius 2 is 2.11 bits per heavy atom. The van der Waals surface area contributed by atoms with E-state index in [0.29, 0.717) is 17.8 Å². The number of anilines is 1. The number of carbonyl (C=O) groups is 1. The molecule has 0 saturated heterocycles. The molecular formula is C14H15FN2OS. The number of halogens is 1. The van der Waals surface area contributed by atoms with Gasteiger partial charge in [-0.15, -0.1) is 11.3 Å². The molecule has 0 aliphatic carbocycles. The highest BCUT2D eigenvalue weighted by Gasteiger charge is 2.08. The van der Waals surface area contributed by atoms with Gasteiger partial charge in [0, 0.05) is 21.9 Å². The van der Waals surface area contributed by atoms with E-state index in [4.69, 9.17) is 5.73 Å². The summed E-state index contributed by atoms with van der Waals surface area (Å²) in [5.74, 6) is -0.958. The molecule has 3 nitrogen and oxygen atoms in total. The number of rotatable bonds is 4. The number of thiophene rings is 1. The topological polar surface area (TPSA) is 55.1 Å². The predicted molar refractivity (Wildman–Crippen MR) is 76.0 cm³/mol. The molecule has 0 bridgehead atoms. The molecule has 1 heterocycles. The first-order chi connectivity index (χ1) is 8.97. The summed E-state index contributed by atoms with van der Waals surface area (Å²) in [6, 6.07) is 6.13. The van der Waals surface area contributed by atoms with Crippen molar-refractivity contribution in [3.05, 3.63) is 51.0 Å². The van der Waals surface area contributed by atoms with Gasteiger partial charge in [-0.25, -0.2) is 4.39 Å². The zero-order valence-corrected chi connectivity index (χ0v) is 11.6. The van der Waals surface area contributed by atoms with Gasteiger partial charge in [-0.1, -0.05) is 0 Å². The Morgan fingerprint density at radius 3 is 2.68 bits per heavy atom. The van der Waals surface area contributed by atoms with Crippen molar-refractivity contribution >= 4 is 22.9 Å². The molecule has 0 radical (unpaired) electrons. The number of hydrogen-bond acceptors (Lipinski definition) is 3. The van der Waals surface area contributed by atoms with Crippen molar-refractivity contribution in [2.24, 2.45) is 5.73 Å². The van der Waals surface area contributed by atoms with Gasteiger partial charge in [0.15, 0.2) is 0 Å². The Morgan fingerprint density at radius 1 is 1.37 bits per heavy atom. The number of primary amides is 1. The summed E-state index contributed by atoms with van der Waals surface area (Å²) in [5.41, 5.74) is 6.90. The van der Waals surface area contributed by atoms with Gasteiger partial charge in [0.05, 0.1) is 5.69 Å². The molecule has 0 fully saturated rings. The summed E-state index contributed by atoms with van der Waals surface area (Å²) in [4.78, 5) is 13.5. The highest BCUT2D eigenvalue weighted by molar-refractivity contribution is 7.12. The first kappa shape index (κ1) is 13.5. The number of nitrogens with two attached hydrogens (primary N) is 1. The molecule has 1 aromatic carbocycles. The zero-order valence-electron chi connectivity index (χ0n) is 10.8. The van der Waals surface area contributed by atoms with Crippen LogP contribution in [0.5, 0.6) is 0 Å².